The Morgan fingerprint density at radius 2 is 2.11 bits per heavy atom. The second-order valence-corrected chi connectivity index (χ2v) is 5.60. The largest absolute Gasteiger partial charge is 0.399 e. The molecule has 104 valence electrons. The second-order valence-electron chi connectivity index (χ2n) is 5.60. The van der Waals surface area contributed by atoms with Gasteiger partial charge in [-0.2, -0.15) is 0 Å². The SMILES string of the molecule is CC1CCCC(NC(=O)Nc2cccc(N)c2)C1C. The number of nitrogens with two attached hydrogens (primary N) is 1. The third-order valence-electron chi connectivity index (χ3n) is 4.17. The van der Waals surface area contributed by atoms with Gasteiger partial charge in [0.2, 0.25) is 0 Å². The van der Waals surface area contributed by atoms with E-state index in [0.717, 1.165) is 12.1 Å². The van der Waals surface area contributed by atoms with Crippen LogP contribution in [0.4, 0.5) is 16.2 Å². The fourth-order valence-electron chi connectivity index (χ4n) is 2.74. The first-order chi connectivity index (χ1) is 9.06. The maximum Gasteiger partial charge on any atom is 0.319 e. The van der Waals surface area contributed by atoms with Crippen LogP contribution in [0.25, 0.3) is 0 Å². The van der Waals surface area contributed by atoms with Gasteiger partial charge >= 0.3 is 6.03 Å². The molecule has 1 aromatic rings. The van der Waals surface area contributed by atoms with Crippen molar-refractivity contribution in [1.29, 1.82) is 0 Å². The molecule has 1 fully saturated rings. The fraction of sp³-hybridized carbons (Fsp3) is 0.533. The number of urea groups is 1. The number of carbonyl (C=O) groups excluding carboxylic acids is 1. The van der Waals surface area contributed by atoms with Crippen LogP contribution in [0.2, 0.25) is 0 Å². The second kappa shape index (κ2) is 5.95. The number of hydrogen-bond acceptors (Lipinski definition) is 2. The molecule has 4 nitrogen and oxygen atoms in total. The van der Waals surface area contributed by atoms with Crippen molar-refractivity contribution in [3.05, 3.63) is 24.3 Å². The smallest absolute Gasteiger partial charge is 0.319 e. The van der Waals surface area contributed by atoms with Crippen LogP contribution in [0.3, 0.4) is 0 Å². The molecule has 0 bridgehead atoms. The van der Waals surface area contributed by atoms with Crippen molar-refractivity contribution in [2.24, 2.45) is 11.8 Å². The highest BCUT2D eigenvalue weighted by molar-refractivity contribution is 5.89. The molecule has 0 aliphatic heterocycles. The Labute approximate surface area is 114 Å². The van der Waals surface area contributed by atoms with Crippen molar-refractivity contribution in [2.75, 3.05) is 11.1 Å². The van der Waals surface area contributed by atoms with Crippen molar-refractivity contribution in [2.45, 2.75) is 39.2 Å². The van der Waals surface area contributed by atoms with Crippen molar-refractivity contribution in [1.82, 2.24) is 5.32 Å². The molecule has 2 rings (SSSR count). The number of carbonyl (C=O) groups is 1. The Hall–Kier alpha value is -1.71. The lowest BCUT2D eigenvalue weighted by molar-refractivity contribution is 0.201. The van der Waals surface area contributed by atoms with Crippen LogP contribution in [-0.4, -0.2) is 12.1 Å². The summed E-state index contributed by atoms with van der Waals surface area (Å²) in [5.41, 5.74) is 7.07. The van der Waals surface area contributed by atoms with Gasteiger partial charge in [-0.15, -0.1) is 0 Å². The highest BCUT2D eigenvalue weighted by Gasteiger charge is 2.28. The van der Waals surface area contributed by atoms with Gasteiger partial charge in [-0.05, 0) is 36.5 Å². The summed E-state index contributed by atoms with van der Waals surface area (Å²) >= 11 is 0. The number of nitrogen functional groups attached to an aromatic ring is 1. The lowest BCUT2D eigenvalue weighted by atomic mass is 9.78. The summed E-state index contributed by atoms with van der Waals surface area (Å²) in [7, 11) is 0. The van der Waals surface area contributed by atoms with Gasteiger partial charge in [-0.1, -0.05) is 32.8 Å². The van der Waals surface area contributed by atoms with E-state index in [1.54, 1.807) is 12.1 Å². The summed E-state index contributed by atoms with van der Waals surface area (Å²) in [6.45, 7) is 4.48. The van der Waals surface area contributed by atoms with E-state index in [9.17, 15) is 4.79 Å². The van der Waals surface area contributed by atoms with Crippen LogP contribution in [0.15, 0.2) is 24.3 Å². The number of benzene rings is 1. The van der Waals surface area contributed by atoms with E-state index in [-0.39, 0.29) is 12.1 Å². The molecule has 0 radical (unpaired) electrons. The number of hydrogen-bond donors (Lipinski definition) is 3. The van der Waals surface area contributed by atoms with E-state index in [1.165, 1.54) is 12.8 Å². The van der Waals surface area contributed by atoms with Gasteiger partial charge in [0.1, 0.15) is 0 Å². The van der Waals surface area contributed by atoms with E-state index >= 15 is 0 Å². The predicted molar refractivity (Wildman–Crippen MR) is 79.0 cm³/mol. The average Bonchev–Trinajstić information content (AvgIpc) is 2.35. The Balaban J connectivity index is 1.90. The van der Waals surface area contributed by atoms with Gasteiger partial charge < -0.3 is 16.4 Å². The monoisotopic (exact) mass is 261 g/mol. The fourth-order valence-corrected chi connectivity index (χ4v) is 2.74. The quantitative estimate of drug-likeness (QED) is 0.716. The van der Waals surface area contributed by atoms with Crippen molar-refractivity contribution >= 4 is 17.4 Å². The van der Waals surface area contributed by atoms with E-state index in [0.29, 0.717) is 17.5 Å². The molecule has 4 heteroatoms. The van der Waals surface area contributed by atoms with Gasteiger partial charge in [-0.3, -0.25) is 0 Å². The third kappa shape index (κ3) is 3.63. The maximum absolute atomic E-state index is 12.0. The summed E-state index contributed by atoms with van der Waals surface area (Å²) in [4.78, 5) is 12.0. The molecule has 1 saturated carbocycles. The number of nitrogens with one attached hydrogen (secondary N) is 2. The van der Waals surface area contributed by atoms with E-state index in [1.807, 2.05) is 12.1 Å². The van der Waals surface area contributed by atoms with E-state index in [4.69, 9.17) is 5.73 Å². The van der Waals surface area contributed by atoms with Gasteiger partial charge in [0.15, 0.2) is 0 Å². The number of amides is 2. The molecular weight excluding hydrogens is 238 g/mol. The van der Waals surface area contributed by atoms with Crippen LogP contribution < -0.4 is 16.4 Å². The normalized spacial score (nSPS) is 26.7. The Morgan fingerprint density at radius 3 is 2.84 bits per heavy atom. The minimum Gasteiger partial charge on any atom is -0.399 e. The summed E-state index contributed by atoms with van der Waals surface area (Å²) in [6.07, 6.45) is 3.51. The molecule has 4 N–H and O–H groups in total. The van der Waals surface area contributed by atoms with Crippen molar-refractivity contribution < 1.29 is 4.79 Å². The standard InChI is InChI=1S/C15H23N3O/c1-10-5-3-8-14(11(10)2)18-15(19)17-13-7-4-6-12(16)9-13/h4,6-7,9-11,14H,3,5,8,16H2,1-2H3,(H2,17,18,19). The molecule has 0 heterocycles. The molecule has 1 aliphatic carbocycles. The molecule has 0 aromatic heterocycles. The molecular formula is C15H23N3O. The molecule has 1 aromatic carbocycles. The van der Waals surface area contributed by atoms with Gasteiger partial charge in [0.25, 0.3) is 0 Å². The number of rotatable bonds is 2. The average molecular weight is 261 g/mol. The summed E-state index contributed by atoms with van der Waals surface area (Å²) in [5, 5.41) is 5.91. The first kappa shape index (κ1) is 13.7. The zero-order valence-electron chi connectivity index (χ0n) is 11.6. The molecule has 19 heavy (non-hydrogen) atoms. The Bertz CT molecular complexity index is 447. The first-order valence-corrected chi connectivity index (χ1v) is 6.99. The third-order valence-corrected chi connectivity index (χ3v) is 4.17. The molecule has 0 saturated heterocycles. The molecule has 2 amide bonds. The Morgan fingerprint density at radius 1 is 1.32 bits per heavy atom. The van der Waals surface area contributed by atoms with Crippen LogP contribution in [0.1, 0.15) is 33.1 Å². The van der Waals surface area contributed by atoms with Crippen molar-refractivity contribution in [3.63, 3.8) is 0 Å². The minimum absolute atomic E-state index is 0.142. The predicted octanol–water partition coefficient (Wildman–Crippen LogP) is 3.22. The first-order valence-electron chi connectivity index (χ1n) is 6.99. The summed E-state index contributed by atoms with van der Waals surface area (Å²) in [6, 6.07) is 7.35. The zero-order valence-corrected chi connectivity index (χ0v) is 11.6. The van der Waals surface area contributed by atoms with Crippen LogP contribution in [-0.2, 0) is 0 Å². The molecule has 3 atom stereocenters. The zero-order chi connectivity index (χ0) is 13.8. The van der Waals surface area contributed by atoms with Crippen LogP contribution in [0, 0.1) is 11.8 Å². The lowest BCUT2D eigenvalue weighted by Gasteiger charge is -2.34. The highest BCUT2D eigenvalue weighted by Crippen LogP contribution is 2.29. The van der Waals surface area contributed by atoms with E-state index < -0.39 is 0 Å². The van der Waals surface area contributed by atoms with Gasteiger partial charge in [0.05, 0.1) is 0 Å². The molecule has 0 spiro atoms. The van der Waals surface area contributed by atoms with Gasteiger partial charge in [0, 0.05) is 17.4 Å². The van der Waals surface area contributed by atoms with Crippen LogP contribution >= 0.6 is 0 Å². The Kier molecular flexibility index (Phi) is 4.30. The topological polar surface area (TPSA) is 67.2 Å². The number of anilines is 2. The van der Waals surface area contributed by atoms with Crippen molar-refractivity contribution in [3.8, 4) is 0 Å². The molecule has 1 aliphatic rings. The highest BCUT2D eigenvalue weighted by atomic mass is 16.2. The summed E-state index contributed by atoms with van der Waals surface area (Å²) in [5.74, 6) is 1.20. The van der Waals surface area contributed by atoms with Gasteiger partial charge in [-0.25, -0.2) is 4.79 Å². The van der Waals surface area contributed by atoms with Crippen LogP contribution in [0.5, 0.6) is 0 Å². The summed E-state index contributed by atoms with van der Waals surface area (Å²) < 4.78 is 0. The minimum atomic E-state index is -0.142. The maximum atomic E-state index is 12.0. The van der Waals surface area contributed by atoms with E-state index in [2.05, 4.69) is 24.5 Å². The molecule has 3 unspecified atom stereocenters. The lowest BCUT2D eigenvalue weighted by Crippen LogP contribution is -2.45.